The van der Waals surface area contributed by atoms with E-state index in [4.69, 9.17) is 9.47 Å². The van der Waals surface area contributed by atoms with Gasteiger partial charge in [0.2, 0.25) is 0 Å². The quantitative estimate of drug-likeness (QED) is 0.445. The Morgan fingerprint density at radius 2 is 1.87 bits per heavy atom. The Morgan fingerprint density at radius 3 is 2.57 bits per heavy atom. The van der Waals surface area contributed by atoms with Gasteiger partial charge in [0.15, 0.2) is 6.61 Å². The molecule has 30 heavy (non-hydrogen) atoms. The first-order valence-corrected chi connectivity index (χ1v) is 9.43. The minimum absolute atomic E-state index is 0.171. The third-order valence-electron chi connectivity index (χ3n) is 4.39. The molecule has 0 fully saturated rings. The van der Waals surface area contributed by atoms with Crippen molar-refractivity contribution in [2.24, 2.45) is 0 Å². The molecule has 0 aromatic heterocycles. The van der Waals surface area contributed by atoms with Gasteiger partial charge in [-0.1, -0.05) is 42.5 Å². The summed E-state index contributed by atoms with van der Waals surface area (Å²) in [5.74, 6) is 0.777. The van der Waals surface area contributed by atoms with Crippen LogP contribution in [0, 0.1) is 18.3 Å². The molecule has 3 rings (SSSR count). The highest BCUT2D eigenvalue weighted by Crippen LogP contribution is 2.29. The van der Waals surface area contributed by atoms with E-state index in [1.54, 1.807) is 31.4 Å². The van der Waals surface area contributed by atoms with Crippen LogP contribution in [0.1, 0.15) is 16.7 Å². The molecule has 0 aliphatic heterocycles. The molecule has 3 aromatic carbocycles. The summed E-state index contributed by atoms with van der Waals surface area (Å²) in [6.07, 6.45) is 1.74. The number of anilines is 1. The highest BCUT2D eigenvalue weighted by Gasteiger charge is 2.10. The number of carbonyl (C=O) groups is 1. The van der Waals surface area contributed by atoms with Gasteiger partial charge in [-0.2, -0.15) is 5.26 Å². The predicted octanol–water partition coefficient (Wildman–Crippen LogP) is 5.09. The molecule has 0 saturated heterocycles. The molecular formula is C25H22N2O3. The third-order valence-corrected chi connectivity index (χ3v) is 4.39. The maximum atomic E-state index is 12.3. The van der Waals surface area contributed by atoms with Gasteiger partial charge < -0.3 is 14.8 Å². The van der Waals surface area contributed by atoms with Crippen molar-refractivity contribution in [1.82, 2.24) is 0 Å². The van der Waals surface area contributed by atoms with Gasteiger partial charge in [0, 0.05) is 17.3 Å². The van der Waals surface area contributed by atoms with Crippen molar-refractivity contribution >= 4 is 23.2 Å². The fourth-order valence-corrected chi connectivity index (χ4v) is 2.90. The topological polar surface area (TPSA) is 71.3 Å². The number of rotatable bonds is 7. The number of carbonyl (C=O) groups excluding carboxylic acids is 1. The number of nitrogens with one attached hydrogen (secondary N) is 1. The van der Waals surface area contributed by atoms with Gasteiger partial charge in [-0.05, 0) is 48.4 Å². The summed E-state index contributed by atoms with van der Waals surface area (Å²) in [7, 11) is 1.56. The summed E-state index contributed by atoms with van der Waals surface area (Å²) in [5, 5.41) is 12.4. The summed E-state index contributed by atoms with van der Waals surface area (Å²) in [6.45, 7) is 1.79. The van der Waals surface area contributed by atoms with E-state index < -0.39 is 0 Å². The maximum absolute atomic E-state index is 12.3. The number of methoxy groups -OCH3 is 1. The smallest absolute Gasteiger partial charge is 0.262 e. The molecule has 150 valence electrons. The molecule has 0 atom stereocenters. The van der Waals surface area contributed by atoms with Crippen LogP contribution in [0.15, 0.2) is 72.8 Å². The van der Waals surface area contributed by atoms with Gasteiger partial charge >= 0.3 is 0 Å². The first kappa shape index (κ1) is 20.7. The number of amides is 1. The van der Waals surface area contributed by atoms with Crippen LogP contribution >= 0.6 is 0 Å². The Kier molecular flexibility index (Phi) is 6.86. The zero-order valence-corrected chi connectivity index (χ0v) is 16.9. The molecule has 0 saturated carbocycles. The van der Waals surface area contributed by atoms with Crippen LogP contribution in [0.2, 0.25) is 0 Å². The van der Waals surface area contributed by atoms with Crippen molar-refractivity contribution in [2.45, 2.75) is 6.92 Å². The predicted molar refractivity (Wildman–Crippen MR) is 118 cm³/mol. The Morgan fingerprint density at radius 1 is 1.07 bits per heavy atom. The Balaban J connectivity index is 1.80. The van der Waals surface area contributed by atoms with Crippen molar-refractivity contribution in [2.75, 3.05) is 19.0 Å². The monoisotopic (exact) mass is 398 g/mol. The van der Waals surface area contributed by atoms with E-state index in [9.17, 15) is 10.1 Å². The van der Waals surface area contributed by atoms with Gasteiger partial charge in [-0.3, -0.25) is 4.79 Å². The molecule has 0 spiro atoms. The molecular weight excluding hydrogens is 376 g/mol. The van der Waals surface area contributed by atoms with E-state index in [0.29, 0.717) is 28.3 Å². The lowest BCUT2D eigenvalue weighted by Crippen LogP contribution is -2.20. The van der Waals surface area contributed by atoms with Gasteiger partial charge in [-0.15, -0.1) is 0 Å². The first-order valence-electron chi connectivity index (χ1n) is 9.43. The lowest BCUT2D eigenvalue weighted by molar-refractivity contribution is -0.118. The normalized spacial score (nSPS) is 10.8. The first-order chi connectivity index (χ1) is 14.6. The largest absolute Gasteiger partial charge is 0.497 e. The second-order valence-corrected chi connectivity index (χ2v) is 6.65. The summed E-state index contributed by atoms with van der Waals surface area (Å²) in [4.78, 5) is 12.3. The SMILES string of the molecule is COc1ccc(/C=C(\C#N)c2ccccc2)c(OCC(=O)Nc2cccc(C)c2)c1. The molecule has 0 aliphatic rings. The Labute approximate surface area is 176 Å². The number of nitrogens with zero attached hydrogens (tertiary/aromatic N) is 1. The minimum atomic E-state index is -0.276. The van der Waals surface area contributed by atoms with Crippen LogP contribution in [0.25, 0.3) is 11.6 Å². The number of benzene rings is 3. The van der Waals surface area contributed by atoms with Gasteiger partial charge in [0.1, 0.15) is 11.5 Å². The molecule has 5 heteroatoms. The highest BCUT2D eigenvalue weighted by atomic mass is 16.5. The van der Waals surface area contributed by atoms with Crippen LogP contribution in [0.3, 0.4) is 0 Å². The summed E-state index contributed by atoms with van der Waals surface area (Å²) >= 11 is 0. The Bertz CT molecular complexity index is 1100. The highest BCUT2D eigenvalue weighted by molar-refractivity contribution is 5.93. The molecule has 0 bridgehead atoms. The second kappa shape index (κ2) is 9.94. The molecule has 0 radical (unpaired) electrons. The molecule has 0 heterocycles. The standard InChI is InChI=1S/C25H22N2O3/c1-18-7-6-10-22(13-18)27-25(28)17-30-24-15-23(29-2)12-11-20(24)14-21(16-26)19-8-4-3-5-9-19/h3-15H,17H2,1-2H3,(H,27,28)/b21-14+. The number of allylic oxidation sites excluding steroid dienone is 1. The summed E-state index contributed by atoms with van der Waals surface area (Å²) in [5.41, 5.74) is 3.75. The molecule has 1 N–H and O–H groups in total. The van der Waals surface area contributed by atoms with Crippen molar-refractivity contribution in [1.29, 1.82) is 5.26 Å². The fourth-order valence-electron chi connectivity index (χ4n) is 2.90. The average Bonchev–Trinajstić information content (AvgIpc) is 2.77. The molecule has 0 aliphatic carbocycles. The molecule has 0 unspecified atom stereocenters. The van der Waals surface area contributed by atoms with Crippen LogP contribution in [-0.2, 0) is 4.79 Å². The molecule has 3 aromatic rings. The lowest BCUT2D eigenvalue weighted by atomic mass is 10.0. The van der Waals surface area contributed by atoms with E-state index in [1.165, 1.54) is 0 Å². The maximum Gasteiger partial charge on any atom is 0.262 e. The zero-order valence-electron chi connectivity index (χ0n) is 16.9. The van der Waals surface area contributed by atoms with Crippen LogP contribution < -0.4 is 14.8 Å². The Hall–Kier alpha value is -4.04. The van der Waals surface area contributed by atoms with E-state index in [0.717, 1.165) is 11.1 Å². The number of aryl methyl sites for hydroxylation is 1. The van der Waals surface area contributed by atoms with Gasteiger partial charge in [0.05, 0.1) is 18.8 Å². The minimum Gasteiger partial charge on any atom is -0.497 e. The van der Waals surface area contributed by atoms with Crippen molar-refractivity contribution in [3.8, 4) is 17.6 Å². The average molecular weight is 398 g/mol. The molecule has 5 nitrogen and oxygen atoms in total. The summed E-state index contributed by atoms with van der Waals surface area (Å²) in [6, 6.07) is 24.4. The van der Waals surface area contributed by atoms with E-state index in [-0.39, 0.29) is 12.5 Å². The number of ether oxygens (including phenoxy) is 2. The van der Waals surface area contributed by atoms with Gasteiger partial charge in [-0.25, -0.2) is 0 Å². The van der Waals surface area contributed by atoms with Crippen molar-refractivity contribution < 1.29 is 14.3 Å². The number of nitriles is 1. The van der Waals surface area contributed by atoms with Crippen molar-refractivity contribution in [3.05, 3.63) is 89.5 Å². The fraction of sp³-hybridized carbons (Fsp3) is 0.120. The third kappa shape index (κ3) is 5.49. The van der Waals surface area contributed by atoms with Crippen molar-refractivity contribution in [3.63, 3.8) is 0 Å². The van der Waals surface area contributed by atoms with E-state index in [1.807, 2.05) is 61.5 Å². The summed E-state index contributed by atoms with van der Waals surface area (Å²) < 4.78 is 11.1. The number of hydrogen-bond acceptors (Lipinski definition) is 4. The van der Waals surface area contributed by atoms with E-state index in [2.05, 4.69) is 11.4 Å². The number of hydrogen-bond donors (Lipinski definition) is 1. The second-order valence-electron chi connectivity index (χ2n) is 6.65. The van der Waals surface area contributed by atoms with Crippen LogP contribution in [-0.4, -0.2) is 19.6 Å². The molecule has 1 amide bonds. The van der Waals surface area contributed by atoms with Crippen LogP contribution in [0.5, 0.6) is 11.5 Å². The van der Waals surface area contributed by atoms with Gasteiger partial charge in [0.25, 0.3) is 5.91 Å². The van der Waals surface area contributed by atoms with Crippen LogP contribution in [0.4, 0.5) is 5.69 Å². The zero-order chi connectivity index (χ0) is 21.3. The van der Waals surface area contributed by atoms with E-state index >= 15 is 0 Å². The lowest BCUT2D eigenvalue weighted by Gasteiger charge is -2.12.